The van der Waals surface area contributed by atoms with Crippen molar-refractivity contribution in [1.29, 1.82) is 0 Å². The first kappa shape index (κ1) is 25.8. The highest BCUT2D eigenvalue weighted by atomic mass is 16.6. The number of aryl methyl sites for hydroxylation is 1. The van der Waals surface area contributed by atoms with Gasteiger partial charge in [-0.15, -0.1) is 0 Å². The SMILES string of the molecule is Nc1ccccc1CCCCCCNC(=O)CNc1ncnc2c1ncn2[C@@H]1O[C@H](CO)[C@@H](O)[C@H]1O. The molecule has 7 N–H and O–H groups in total. The molecule has 4 atom stereocenters. The number of ether oxygens (including phenoxy) is 1. The van der Waals surface area contributed by atoms with Gasteiger partial charge in [0, 0.05) is 12.2 Å². The van der Waals surface area contributed by atoms with Gasteiger partial charge in [-0.3, -0.25) is 9.36 Å². The van der Waals surface area contributed by atoms with Gasteiger partial charge in [0.15, 0.2) is 23.2 Å². The van der Waals surface area contributed by atoms with Gasteiger partial charge >= 0.3 is 0 Å². The first-order chi connectivity index (χ1) is 17.5. The number of hydrogen-bond donors (Lipinski definition) is 6. The van der Waals surface area contributed by atoms with E-state index in [-0.39, 0.29) is 12.5 Å². The predicted molar refractivity (Wildman–Crippen MR) is 133 cm³/mol. The van der Waals surface area contributed by atoms with Crippen molar-refractivity contribution in [2.45, 2.75) is 56.6 Å². The van der Waals surface area contributed by atoms with Gasteiger partial charge in [0.1, 0.15) is 24.6 Å². The van der Waals surface area contributed by atoms with Crippen LogP contribution in [0.4, 0.5) is 11.5 Å². The van der Waals surface area contributed by atoms with Crippen LogP contribution in [0, 0.1) is 0 Å². The van der Waals surface area contributed by atoms with Gasteiger partial charge in [-0.05, 0) is 30.9 Å². The third kappa shape index (κ3) is 5.90. The summed E-state index contributed by atoms with van der Waals surface area (Å²) in [5.74, 6) is 0.197. The molecule has 3 aromatic rings. The molecule has 0 spiro atoms. The van der Waals surface area contributed by atoms with E-state index in [0.29, 0.717) is 23.5 Å². The van der Waals surface area contributed by atoms with Crippen molar-refractivity contribution < 1.29 is 24.9 Å². The first-order valence-electron chi connectivity index (χ1n) is 12.1. The molecule has 1 amide bonds. The minimum atomic E-state index is -1.26. The lowest BCUT2D eigenvalue weighted by Crippen LogP contribution is -2.33. The van der Waals surface area contributed by atoms with E-state index in [4.69, 9.17) is 10.5 Å². The smallest absolute Gasteiger partial charge is 0.239 e. The number of rotatable bonds is 12. The Morgan fingerprint density at radius 1 is 1.08 bits per heavy atom. The summed E-state index contributed by atoms with van der Waals surface area (Å²) in [7, 11) is 0. The second-order valence-electron chi connectivity index (χ2n) is 8.84. The number of unbranched alkanes of at least 4 members (excludes halogenated alkanes) is 3. The van der Waals surface area contributed by atoms with E-state index in [0.717, 1.165) is 37.8 Å². The normalized spacial score (nSPS) is 21.6. The summed E-state index contributed by atoms with van der Waals surface area (Å²) in [5.41, 5.74) is 8.74. The summed E-state index contributed by atoms with van der Waals surface area (Å²) >= 11 is 0. The van der Waals surface area contributed by atoms with Crippen LogP contribution in [-0.2, 0) is 16.0 Å². The van der Waals surface area contributed by atoms with Crippen LogP contribution < -0.4 is 16.4 Å². The molecule has 12 heteroatoms. The third-order valence-corrected chi connectivity index (χ3v) is 6.32. The molecule has 3 heterocycles. The van der Waals surface area contributed by atoms with Crippen molar-refractivity contribution in [2.24, 2.45) is 0 Å². The molecule has 1 aromatic carbocycles. The molecule has 1 fully saturated rings. The van der Waals surface area contributed by atoms with Crippen molar-refractivity contribution in [3.05, 3.63) is 42.5 Å². The number of amides is 1. The number of aliphatic hydroxyl groups is 3. The van der Waals surface area contributed by atoms with Gasteiger partial charge in [0.05, 0.1) is 19.5 Å². The van der Waals surface area contributed by atoms with Gasteiger partial charge in [0.2, 0.25) is 5.91 Å². The van der Waals surface area contributed by atoms with Gasteiger partial charge in [-0.2, -0.15) is 0 Å². The minimum absolute atomic E-state index is 0.0140. The topological polar surface area (TPSA) is 181 Å². The van der Waals surface area contributed by atoms with E-state index in [1.54, 1.807) is 0 Å². The third-order valence-electron chi connectivity index (χ3n) is 6.32. The number of anilines is 2. The van der Waals surface area contributed by atoms with Crippen molar-refractivity contribution in [3.63, 3.8) is 0 Å². The number of aromatic nitrogens is 4. The Bertz CT molecular complexity index is 1160. The summed E-state index contributed by atoms with van der Waals surface area (Å²) in [6, 6.07) is 7.92. The van der Waals surface area contributed by atoms with Crippen molar-refractivity contribution >= 4 is 28.6 Å². The maximum absolute atomic E-state index is 12.3. The highest BCUT2D eigenvalue weighted by Crippen LogP contribution is 2.32. The molecule has 1 aliphatic rings. The van der Waals surface area contributed by atoms with Crippen LogP contribution in [0.15, 0.2) is 36.9 Å². The number of para-hydroxylation sites is 1. The predicted octanol–water partition coefficient (Wildman–Crippen LogP) is 0.351. The number of nitrogens with zero attached hydrogens (tertiary/aromatic N) is 4. The van der Waals surface area contributed by atoms with Crippen LogP contribution in [-0.4, -0.2) is 78.8 Å². The van der Waals surface area contributed by atoms with Gasteiger partial charge in [-0.1, -0.05) is 31.0 Å². The molecular formula is C24H33N7O5. The average molecular weight is 500 g/mol. The van der Waals surface area contributed by atoms with Crippen LogP contribution in [0.5, 0.6) is 0 Å². The Morgan fingerprint density at radius 2 is 1.89 bits per heavy atom. The minimum Gasteiger partial charge on any atom is -0.399 e. The lowest BCUT2D eigenvalue weighted by atomic mass is 10.0. The van der Waals surface area contributed by atoms with Crippen molar-refractivity contribution in [2.75, 3.05) is 30.7 Å². The number of fused-ring (bicyclic) bond motifs is 1. The highest BCUT2D eigenvalue weighted by Gasteiger charge is 2.44. The van der Waals surface area contributed by atoms with E-state index in [2.05, 4.69) is 31.7 Å². The largest absolute Gasteiger partial charge is 0.399 e. The zero-order chi connectivity index (χ0) is 25.5. The molecule has 0 radical (unpaired) electrons. The molecule has 12 nitrogen and oxygen atoms in total. The summed E-state index contributed by atoms with van der Waals surface area (Å²) < 4.78 is 7.03. The summed E-state index contributed by atoms with van der Waals surface area (Å²) in [6.45, 7) is 0.175. The van der Waals surface area contributed by atoms with E-state index in [1.807, 2.05) is 18.2 Å². The highest BCUT2D eigenvalue weighted by molar-refractivity contribution is 5.86. The molecule has 0 saturated carbocycles. The number of nitrogens with one attached hydrogen (secondary N) is 2. The second-order valence-corrected chi connectivity index (χ2v) is 8.84. The summed E-state index contributed by atoms with van der Waals surface area (Å²) in [6.07, 6.45) is 3.36. The Hall–Kier alpha value is -3.32. The molecule has 194 valence electrons. The van der Waals surface area contributed by atoms with Gasteiger partial charge in [0.25, 0.3) is 0 Å². The van der Waals surface area contributed by atoms with Crippen LogP contribution >= 0.6 is 0 Å². The Kier molecular flexibility index (Phi) is 8.65. The summed E-state index contributed by atoms with van der Waals surface area (Å²) in [5, 5.41) is 35.5. The maximum Gasteiger partial charge on any atom is 0.239 e. The Morgan fingerprint density at radius 3 is 2.67 bits per heavy atom. The number of imidazole rings is 1. The molecule has 0 unspecified atom stereocenters. The zero-order valence-electron chi connectivity index (χ0n) is 20.0. The number of carbonyl (C=O) groups is 1. The number of carbonyl (C=O) groups excluding carboxylic acids is 1. The molecular weight excluding hydrogens is 466 g/mol. The second kappa shape index (κ2) is 12.1. The average Bonchev–Trinajstić information content (AvgIpc) is 3.44. The van der Waals surface area contributed by atoms with E-state index < -0.39 is 31.1 Å². The molecule has 4 rings (SSSR count). The number of benzene rings is 1. The first-order valence-corrected chi connectivity index (χ1v) is 12.1. The fraction of sp³-hybridized carbons (Fsp3) is 0.500. The number of hydrogen-bond acceptors (Lipinski definition) is 10. The van der Waals surface area contributed by atoms with Crippen molar-refractivity contribution in [1.82, 2.24) is 24.8 Å². The Labute approximate surface area is 208 Å². The lowest BCUT2D eigenvalue weighted by molar-refractivity contribution is -0.119. The standard InChI is InChI=1S/C24H33N7O5/c25-16-9-5-4-8-15(16)7-3-1-2-6-10-26-18(33)11-27-22-19-23(29-13-28-22)31(14-30-19)24-21(35)20(34)17(12-32)36-24/h4-5,8-9,13-14,17,20-21,24,32,34-35H,1-3,6-7,10-12,25H2,(H,26,33)(H,27,28,29)/t17-,20-,21-,24-/m1/s1. The quantitative estimate of drug-likeness (QED) is 0.150. The molecule has 2 aromatic heterocycles. The van der Waals surface area contributed by atoms with Crippen LogP contribution in [0.25, 0.3) is 11.2 Å². The number of aliphatic hydroxyl groups excluding tert-OH is 3. The van der Waals surface area contributed by atoms with Crippen LogP contribution in [0.1, 0.15) is 37.5 Å². The fourth-order valence-electron chi connectivity index (χ4n) is 4.29. The number of nitrogen functional groups attached to an aromatic ring is 1. The lowest BCUT2D eigenvalue weighted by Gasteiger charge is -2.16. The van der Waals surface area contributed by atoms with Gasteiger partial charge in [-0.25, -0.2) is 15.0 Å². The monoisotopic (exact) mass is 499 g/mol. The van der Waals surface area contributed by atoms with Crippen molar-refractivity contribution in [3.8, 4) is 0 Å². The molecule has 1 aliphatic heterocycles. The van der Waals surface area contributed by atoms with Gasteiger partial charge < -0.3 is 36.4 Å². The fourth-order valence-corrected chi connectivity index (χ4v) is 4.29. The van der Waals surface area contributed by atoms with Crippen LogP contribution in [0.3, 0.4) is 0 Å². The zero-order valence-corrected chi connectivity index (χ0v) is 20.0. The van der Waals surface area contributed by atoms with E-state index in [1.165, 1.54) is 22.8 Å². The number of nitrogens with two attached hydrogens (primary N) is 1. The van der Waals surface area contributed by atoms with E-state index in [9.17, 15) is 20.1 Å². The Balaban J connectivity index is 1.20. The van der Waals surface area contributed by atoms with Crippen LogP contribution in [0.2, 0.25) is 0 Å². The maximum atomic E-state index is 12.3. The molecule has 1 saturated heterocycles. The molecule has 0 bridgehead atoms. The summed E-state index contributed by atoms with van der Waals surface area (Å²) in [4.78, 5) is 24.9. The van der Waals surface area contributed by atoms with E-state index >= 15 is 0 Å². The molecule has 0 aliphatic carbocycles. The molecule has 36 heavy (non-hydrogen) atoms.